The van der Waals surface area contributed by atoms with Crippen LogP contribution in [-0.2, 0) is 9.53 Å². The van der Waals surface area contributed by atoms with Gasteiger partial charge >= 0.3 is 5.97 Å². The zero-order chi connectivity index (χ0) is 21.6. The molecule has 0 atom stereocenters. The first-order chi connectivity index (χ1) is 13.8. The van der Waals surface area contributed by atoms with Gasteiger partial charge < -0.3 is 19.9 Å². The lowest BCUT2D eigenvalue weighted by molar-refractivity contribution is -0.858. The molecule has 1 aromatic heterocycles. The predicted molar refractivity (Wildman–Crippen MR) is 111 cm³/mol. The van der Waals surface area contributed by atoms with Crippen LogP contribution in [0.5, 0.6) is 0 Å². The fourth-order valence-corrected chi connectivity index (χ4v) is 3.10. The summed E-state index contributed by atoms with van der Waals surface area (Å²) in [5, 5.41) is 2.67. The van der Waals surface area contributed by atoms with E-state index in [9.17, 15) is 14.4 Å². The maximum Gasteiger partial charge on any atom is 0.340 e. The molecule has 2 rings (SSSR count). The van der Waals surface area contributed by atoms with Crippen molar-refractivity contribution in [2.45, 2.75) is 27.2 Å². The summed E-state index contributed by atoms with van der Waals surface area (Å²) in [4.78, 5) is 42.1. The van der Waals surface area contributed by atoms with E-state index < -0.39 is 17.7 Å². The van der Waals surface area contributed by atoms with E-state index in [1.54, 1.807) is 13.8 Å². The third kappa shape index (κ3) is 5.54. The minimum absolute atomic E-state index is 0.102. The number of carbonyl (C=O) groups excluding carboxylic acids is 3. The Morgan fingerprint density at radius 3 is 2.34 bits per heavy atom. The first-order valence-electron chi connectivity index (χ1n) is 9.84. The zero-order valence-corrected chi connectivity index (χ0v) is 17.8. The second kappa shape index (κ2) is 10.0. The number of ether oxygens (including phenoxy) is 1. The Bertz CT molecular complexity index is 882. The molecule has 0 spiro atoms. The van der Waals surface area contributed by atoms with Crippen LogP contribution in [0.15, 0.2) is 24.3 Å². The Labute approximate surface area is 171 Å². The van der Waals surface area contributed by atoms with Gasteiger partial charge in [0.25, 0.3) is 11.7 Å². The topological polar surface area (TPSA) is 92.7 Å². The van der Waals surface area contributed by atoms with Gasteiger partial charge in [0, 0.05) is 24.2 Å². The fourth-order valence-electron chi connectivity index (χ4n) is 3.10. The van der Waals surface area contributed by atoms with Crippen LogP contribution in [0.2, 0.25) is 0 Å². The summed E-state index contributed by atoms with van der Waals surface area (Å²) < 4.78 is 5.18. The third-order valence-electron chi connectivity index (χ3n) is 4.58. The zero-order valence-electron chi connectivity index (χ0n) is 17.8. The van der Waals surface area contributed by atoms with Gasteiger partial charge in [-0.2, -0.15) is 0 Å². The number of quaternary nitrogens is 1. The molecule has 156 valence electrons. The highest BCUT2D eigenvalue weighted by Crippen LogP contribution is 2.31. The number of amides is 1. The molecule has 3 N–H and O–H groups in total. The molecule has 0 saturated carbocycles. The van der Waals surface area contributed by atoms with Gasteiger partial charge in [0.15, 0.2) is 0 Å². The average molecular weight is 400 g/mol. The van der Waals surface area contributed by atoms with E-state index >= 15 is 0 Å². The largest absolute Gasteiger partial charge is 0.462 e. The number of benzene rings is 1. The normalized spacial score (nSPS) is 10.8. The maximum atomic E-state index is 12.9. The highest BCUT2D eigenvalue weighted by atomic mass is 16.5. The smallest absolute Gasteiger partial charge is 0.340 e. The van der Waals surface area contributed by atoms with E-state index in [1.165, 1.54) is 4.90 Å². The summed E-state index contributed by atoms with van der Waals surface area (Å²) in [5.74, 6) is -1.91. The van der Waals surface area contributed by atoms with Crippen LogP contribution in [0, 0.1) is 13.8 Å². The molecule has 0 radical (unpaired) electrons. The van der Waals surface area contributed by atoms with Gasteiger partial charge in [-0.05, 0) is 26.3 Å². The number of Topliss-reactive ketones (excluding diaryl/α,β-unsaturated/α-hetero) is 1. The maximum absolute atomic E-state index is 12.9. The Hall–Kier alpha value is -2.93. The molecular weight excluding hydrogens is 370 g/mol. The summed E-state index contributed by atoms with van der Waals surface area (Å²) in [6.07, 6.45) is 0.768. The van der Waals surface area contributed by atoms with Crippen molar-refractivity contribution in [3.8, 4) is 11.1 Å². The minimum atomic E-state index is -0.698. The van der Waals surface area contributed by atoms with E-state index in [1.807, 2.05) is 45.3 Å². The van der Waals surface area contributed by atoms with Crippen molar-refractivity contribution in [1.82, 2.24) is 10.3 Å². The number of esters is 1. The predicted octanol–water partition coefficient (Wildman–Crippen LogP) is 1.31. The molecule has 0 aliphatic rings. The SMILES string of the molecule is CCOC(=O)c1c(C)[nH]c(C(=O)C(=O)NCCC[NH+](C)C)c1-c1ccc(C)cc1. The molecule has 1 heterocycles. The van der Waals surface area contributed by atoms with Gasteiger partial charge in [0.2, 0.25) is 0 Å². The van der Waals surface area contributed by atoms with Crippen molar-refractivity contribution in [3.05, 3.63) is 46.8 Å². The van der Waals surface area contributed by atoms with Crippen molar-refractivity contribution in [2.75, 3.05) is 33.8 Å². The Morgan fingerprint density at radius 1 is 1.10 bits per heavy atom. The highest BCUT2D eigenvalue weighted by molar-refractivity contribution is 6.43. The van der Waals surface area contributed by atoms with Gasteiger partial charge in [-0.3, -0.25) is 9.59 Å². The van der Waals surface area contributed by atoms with Gasteiger partial charge in [0.1, 0.15) is 5.69 Å². The van der Waals surface area contributed by atoms with Crippen molar-refractivity contribution in [3.63, 3.8) is 0 Å². The van der Waals surface area contributed by atoms with Gasteiger partial charge in [-0.15, -0.1) is 0 Å². The molecule has 1 amide bonds. The second-order valence-electron chi connectivity index (χ2n) is 7.36. The van der Waals surface area contributed by atoms with E-state index in [-0.39, 0.29) is 17.9 Å². The van der Waals surface area contributed by atoms with Crippen LogP contribution in [0.4, 0.5) is 0 Å². The molecule has 0 fully saturated rings. The van der Waals surface area contributed by atoms with Crippen LogP contribution in [0.1, 0.15) is 45.4 Å². The molecule has 2 aromatic rings. The third-order valence-corrected chi connectivity index (χ3v) is 4.58. The number of aryl methyl sites for hydroxylation is 2. The fraction of sp³-hybridized carbons (Fsp3) is 0.409. The highest BCUT2D eigenvalue weighted by Gasteiger charge is 2.29. The standard InChI is InChI=1S/C22H29N3O4/c1-6-29-22(28)17-15(3)24-19(18(17)16-10-8-14(2)9-11-16)20(26)21(27)23-12-7-13-25(4)5/h8-11,24H,6-7,12-13H2,1-5H3,(H,23,27)/p+1. The quantitative estimate of drug-likeness (QED) is 0.256. The number of aromatic amines is 1. The summed E-state index contributed by atoms with van der Waals surface area (Å²) in [6.45, 7) is 6.89. The van der Waals surface area contributed by atoms with Crippen LogP contribution >= 0.6 is 0 Å². The Balaban J connectivity index is 2.39. The average Bonchev–Trinajstić information content (AvgIpc) is 3.02. The Kier molecular flexibility index (Phi) is 7.73. The molecule has 0 saturated heterocycles. The molecular formula is C22H30N3O4+. The van der Waals surface area contributed by atoms with Crippen LogP contribution in [-0.4, -0.2) is 56.4 Å². The number of hydrogen-bond donors (Lipinski definition) is 3. The molecule has 7 nitrogen and oxygen atoms in total. The summed E-state index contributed by atoms with van der Waals surface area (Å²) in [5.41, 5.74) is 3.00. The number of aromatic nitrogens is 1. The first-order valence-corrected chi connectivity index (χ1v) is 9.84. The molecule has 0 aliphatic heterocycles. The van der Waals surface area contributed by atoms with Crippen LogP contribution in [0.3, 0.4) is 0 Å². The lowest BCUT2D eigenvalue weighted by Gasteiger charge is -2.09. The molecule has 1 aromatic carbocycles. The first kappa shape index (κ1) is 22.4. The molecule has 29 heavy (non-hydrogen) atoms. The summed E-state index contributed by atoms with van der Waals surface area (Å²) >= 11 is 0. The number of carbonyl (C=O) groups is 3. The minimum Gasteiger partial charge on any atom is -0.462 e. The molecule has 7 heteroatoms. The van der Waals surface area contributed by atoms with Gasteiger partial charge in [0.05, 0.1) is 32.8 Å². The van der Waals surface area contributed by atoms with Crippen LogP contribution in [0.25, 0.3) is 11.1 Å². The lowest BCUT2D eigenvalue weighted by Crippen LogP contribution is -3.05. The number of rotatable bonds is 9. The molecule has 0 unspecified atom stereocenters. The van der Waals surface area contributed by atoms with Crippen molar-refractivity contribution < 1.29 is 24.0 Å². The summed E-state index contributed by atoms with van der Waals surface area (Å²) in [6, 6.07) is 7.44. The molecule has 0 bridgehead atoms. The van der Waals surface area contributed by atoms with E-state index in [0.717, 1.165) is 18.5 Å². The lowest BCUT2D eigenvalue weighted by atomic mass is 9.97. The number of nitrogens with one attached hydrogen (secondary N) is 3. The van der Waals surface area contributed by atoms with Crippen molar-refractivity contribution in [2.24, 2.45) is 0 Å². The Morgan fingerprint density at radius 2 is 1.76 bits per heavy atom. The van der Waals surface area contributed by atoms with Crippen LogP contribution < -0.4 is 10.2 Å². The van der Waals surface area contributed by atoms with Crippen molar-refractivity contribution >= 4 is 17.7 Å². The van der Waals surface area contributed by atoms with E-state index in [0.29, 0.717) is 23.4 Å². The van der Waals surface area contributed by atoms with Crippen molar-refractivity contribution in [1.29, 1.82) is 0 Å². The number of H-pyrrole nitrogens is 1. The van der Waals surface area contributed by atoms with E-state index in [4.69, 9.17) is 4.74 Å². The number of hydrogen-bond acceptors (Lipinski definition) is 4. The number of ketones is 1. The van der Waals surface area contributed by atoms with Gasteiger partial charge in [-0.25, -0.2) is 4.79 Å². The monoisotopic (exact) mass is 400 g/mol. The second-order valence-corrected chi connectivity index (χ2v) is 7.36. The summed E-state index contributed by atoms with van der Waals surface area (Å²) in [7, 11) is 4.05. The van der Waals surface area contributed by atoms with E-state index in [2.05, 4.69) is 10.3 Å². The van der Waals surface area contributed by atoms with Gasteiger partial charge in [-0.1, -0.05) is 29.8 Å². The molecule has 0 aliphatic carbocycles.